The predicted molar refractivity (Wildman–Crippen MR) is 61.6 cm³/mol. The lowest BCUT2D eigenvalue weighted by molar-refractivity contribution is 0.111. The molecule has 0 amide bonds. The number of hydrogen-bond donors (Lipinski definition) is 0. The van der Waals surface area contributed by atoms with Crippen molar-refractivity contribution in [2.24, 2.45) is 0 Å². The van der Waals surface area contributed by atoms with Crippen LogP contribution in [0.15, 0.2) is 30.5 Å². The van der Waals surface area contributed by atoms with E-state index in [1.165, 1.54) is 24.4 Å². The molecular formula is C12H8ClFN2O. The van der Waals surface area contributed by atoms with Crippen molar-refractivity contribution in [1.82, 2.24) is 9.97 Å². The van der Waals surface area contributed by atoms with Crippen LogP contribution in [0.3, 0.4) is 0 Å². The summed E-state index contributed by atoms with van der Waals surface area (Å²) in [5, 5.41) is 0.324. The molecule has 1 heterocycles. The molecule has 0 unspecified atom stereocenters. The zero-order valence-electron chi connectivity index (χ0n) is 8.73. The summed E-state index contributed by atoms with van der Waals surface area (Å²) in [7, 11) is 0. The molecule has 3 nitrogen and oxygen atoms in total. The van der Waals surface area contributed by atoms with Gasteiger partial charge in [-0.1, -0.05) is 17.7 Å². The molecule has 0 N–H and O–H groups in total. The molecule has 0 atom stereocenters. The standard InChI is InChI=1S/C12H8ClFN2O/c13-10-2-1-3-11(14)9(10)6-12-15-5-4-8(7-17)16-12/h1-5,7H,6H2. The third kappa shape index (κ3) is 2.65. The highest BCUT2D eigenvalue weighted by molar-refractivity contribution is 6.31. The predicted octanol–water partition coefficient (Wildman–Crippen LogP) is 2.67. The van der Waals surface area contributed by atoms with Crippen molar-refractivity contribution >= 4 is 17.9 Å². The van der Waals surface area contributed by atoms with Crippen molar-refractivity contribution in [3.05, 3.63) is 58.4 Å². The first-order valence-corrected chi connectivity index (χ1v) is 5.28. The SMILES string of the molecule is O=Cc1ccnc(Cc2c(F)cccc2Cl)n1. The van der Waals surface area contributed by atoms with Gasteiger partial charge < -0.3 is 0 Å². The molecule has 0 fully saturated rings. The van der Waals surface area contributed by atoms with E-state index >= 15 is 0 Å². The van der Waals surface area contributed by atoms with Crippen molar-refractivity contribution in [3.8, 4) is 0 Å². The van der Waals surface area contributed by atoms with Crippen molar-refractivity contribution in [3.63, 3.8) is 0 Å². The highest BCUT2D eigenvalue weighted by Crippen LogP contribution is 2.20. The van der Waals surface area contributed by atoms with Gasteiger partial charge in [0.25, 0.3) is 0 Å². The lowest BCUT2D eigenvalue weighted by atomic mass is 10.1. The van der Waals surface area contributed by atoms with Crippen LogP contribution in [0, 0.1) is 5.82 Å². The van der Waals surface area contributed by atoms with Gasteiger partial charge >= 0.3 is 0 Å². The molecule has 0 radical (unpaired) electrons. The van der Waals surface area contributed by atoms with Gasteiger partial charge in [-0.3, -0.25) is 4.79 Å². The number of nitrogens with zero attached hydrogens (tertiary/aromatic N) is 2. The smallest absolute Gasteiger partial charge is 0.168 e. The number of aldehydes is 1. The van der Waals surface area contributed by atoms with Crippen LogP contribution < -0.4 is 0 Å². The highest BCUT2D eigenvalue weighted by Gasteiger charge is 2.09. The maximum absolute atomic E-state index is 13.5. The van der Waals surface area contributed by atoms with Gasteiger partial charge in [0.05, 0.1) is 0 Å². The monoisotopic (exact) mass is 250 g/mol. The first-order chi connectivity index (χ1) is 8.20. The molecule has 1 aromatic carbocycles. The van der Waals surface area contributed by atoms with Gasteiger partial charge in [0.2, 0.25) is 0 Å². The highest BCUT2D eigenvalue weighted by atomic mass is 35.5. The summed E-state index contributed by atoms with van der Waals surface area (Å²) in [6.45, 7) is 0. The Morgan fingerprint density at radius 2 is 2.18 bits per heavy atom. The van der Waals surface area contributed by atoms with E-state index in [0.717, 1.165) is 0 Å². The van der Waals surface area contributed by atoms with Gasteiger partial charge in [-0.05, 0) is 18.2 Å². The van der Waals surface area contributed by atoms with E-state index in [0.29, 0.717) is 22.7 Å². The number of carbonyl (C=O) groups is 1. The van der Waals surface area contributed by atoms with Crippen LogP contribution in [0.4, 0.5) is 4.39 Å². The molecule has 2 aromatic rings. The minimum Gasteiger partial charge on any atom is -0.296 e. The number of halogens is 2. The van der Waals surface area contributed by atoms with E-state index in [9.17, 15) is 9.18 Å². The van der Waals surface area contributed by atoms with E-state index in [1.807, 2.05) is 0 Å². The third-order valence-corrected chi connectivity index (χ3v) is 2.60. The summed E-state index contributed by atoms with van der Waals surface area (Å²) < 4.78 is 13.5. The minimum absolute atomic E-state index is 0.160. The van der Waals surface area contributed by atoms with Gasteiger partial charge in [0, 0.05) is 23.2 Å². The summed E-state index contributed by atoms with van der Waals surface area (Å²) in [5.74, 6) is -0.0424. The van der Waals surface area contributed by atoms with Crippen LogP contribution in [-0.4, -0.2) is 16.3 Å². The lowest BCUT2D eigenvalue weighted by Crippen LogP contribution is -2.01. The normalized spacial score (nSPS) is 10.2. The summed E-state index contributed by atoms with van der Waals surface area (Å²) >= 11 is 5.89. The molecule has 0 saturated carbocycles. The second-order valence-corrected chi connectivity index (χ2v) is 3.80. The van der Waals surface area contributed by atoms with Crippen LogP contribution in [0.1, 0.15) is 21.9 Å². The number of benzene rings is 1. The Hall–Kier alpha value is -1.81. The molecule has 0 saturated heterocycles. The fourth-order valence-electron chi connectivity index (χ4n) is 1.42. The molecule has 0 aliphatic carbocycles. The summed E-state index contributed by atoms with van der Waals surface area (Å²) in [5.41, 5.74) is 0.597. The van der Waals surface area contributed by atoms with E-state index in [1.54, 1.807) is 6.07 Å². The molecule has 17 heavy (non-hydrogen) atoms. The third-order valence-electron chi connectivity index (χ3n) is 2.24. The number of aromatic nitrogens is 2. The average molecular weight is 251 g/mol. The Morgan fingerprint density at radius 3 is 2.88 bits per heavy atom. The maximum atomic E-state index is 13.5. The van der Waals surface area contributed by atoms with Gasteiger partial charge in [0.15, 0.2) is 6.29 Å². The molecule has 86 valence electrons. The number of hydrogen-bond acceptors (Lipinski definition) is 3. The molecule has 0 aliphatic rings. The second kappa shape index (κ2) is 5.01. The van der Waals surface area contributed by atoms with Gasteiger partial charge in [-0.2, -0.15) is 0 Å². The van der Waals surface area contributed by atoms with Crippen LogP contribution in [0.25, 0.3) is 0 Å². The Kier molecular flexibility index (Phi) is 3.44. The molecule has 0 aliphatic heterocycles. The van der Waals surface area contributed by atoms with Crippen molar-refractivity contribution < 1.29 is 9.18 Å². The van der Waals surface area contributed by atoms with Crippen molar-refractivity contribution in [2.75, 3.05) is 0 Å². The van der Waals surface area contributed by atoms with E-state index in [-0.39, 0.29) is 12.1 Å². The Morgan fingerprint density at radius 1 is 1.35 bits per heavy atom. The van der Waals surface area contributed by atoms with Gasteiger partial charge in [-0.25, -0.2) is 14.4 Å². The van der Waals surface area contributed by atoms with Crippen LogP contribution in [-0.2, 0) is 6.42 Å². The van der Waals surface area contributed by atoms with E-state index in [2.05, 4.69) is 9.97 Å². The van der Waals surface area contributed by atoms with Gasteiger partial charge in [0.1, 0.15) is 17.3 Å². The fourth-order valence-corrected chi connectivity index (χ4v) is 1.65. The Balaban J connectivity index is 2.34. The zero-order valence-corrected chi connectivity index (χ0v) is 9.49. The molecule has 5 heteroatoms. The first-order valence-electron chi connectivity index (χ1n) is 4.90. The van der Waals surface area contributed by atoms with E-state index in [4.69, 9.17) is 11.6 Å². The van der Waals surface area contributed by atoms with Crippen LogP contribution in [0.5, 0.6) is 0 Å². The molecule has 0 spiro atoms. The second-order valence-electron chi connectivity index (χ2n) is 3.39. The zero-order chi connectivity index (χ0) is 12.3. The van der Waals surface area contributed by atoms with E-state index < -0.39 is 5.82 Å². The average Bonchev–Trinajstić information content (AvgIpc) is 2.34. The molecule has 0 bridgehead atoms. The first kappa shape index (κ1) is 11.7. The number of rotatable bonds is 3. The quantitative estimate of drug-likeness (QED) is 0.787. The summed E-state index contributed by atoms with van der Waals surface area (Å²) in [6.07, 6.45) is 2.24. The van der Waals surface area contributed by atoms with Gasteiger partial charge in [-0.15, -0.1) is 0 Å². The van der Waals surface area contributed by atoms with Crippen LogP contribution >= 0.6 is 11.6 Å². The minimum atomic E-state index is -0.405. The Labute approximate surface area is 102 Å². The number of carbonyl (C=O) groups excluding carboxylic acids is 1. The van der Waals surface area contributed by atoms with Crippen molar-refractivity contribution in [1.29, 1.82) is 0 Å². The van der Waals surface area contributed by atoms with Crippen LogP contribution in [0.2, 0.25) is 5.02 Å². The largest absolute Gasteiger partial charge is 0.296 e. The lowest BCUT2D eigenvalue weighted by Gasteiger charge is -2.04. The molecular weight excluding hydrogens is 243 g/mol. The Bertz CT molecular complexity index is 540. The topological polar surface area (TPSA) is 42.9 Å². The molecule has 1 aromatic heterocycles. The van der Waals surface area contributed by atoms with Crippen molar-refractivity contribution in [2.45, 2.75) is 6.42 Å². The fraction of sp³-hybridized carbons (Fsp3) is 0.0833. The summed E-state index contributed by atoms with van der Waals surface area (Å²) in [6, 6.07) is 5.94. The maximum Gasteiger partial charge on any atom is 0.168 e. The molecule has 2 rings (SSSR count). The summed E-state index contributed by atoms with van der Waals surface area (Å²) in [4.78, 5) is 18.5.